The molecule has 0 aliphatic rings. The molecule has 0 aliphatic carbocycles. The van der Waals surface area contributed by atoms with E-state index < -0.39 is 10.0 Å². The summed E-state index contributed by atoms with van der Waals surface area (Å²) in [5.74, 6) is 0. The Hall–Kier alpha value is -1.45. The van der Waals surface area contributed by atoms with Crippen molar-refractivity contribution < 1.29 is 8.42 Å². The van der Waals surface area contributed by atoms with Crippen molar-refractivity contribution in [1.82, 2.24) is 20.5 Å². The standard InChI is InChI=1S/C9H13N5O2S2/c1-6-5-17-9(12-6)14-18(15,16)8-7(3-10-2)4-11-13-8/h4-5,10H,3H2,1-2H3,(H,11,13)(H,12,14). The van der Waals surface area contributed by atoms with Crippen LogP contribution in [-0.4, -0.2) is 30.6 Å². The number of sulfonamides is 1. The number of aromatic amines is 1. The van der Waals surface area contributed by atoms with Crippen molar-refractivity contribution in [3.8, 4) is 0 Å². The average molecular weight is 287 g/mol. The highest BCUT2D eigenvalue weighted by molar-refractivity contribution is 7.92. The SMILES string of the molecule is CNCc1cn[nH]c1S(=O)(=O)Nc1nc(C)cs1. The molecule has 2 aromatic heterocycles. The second-order valence-electron chi connectivity index (χ2n) is 3.65. The van der Waals surface area contributed by atoms with Crippen molar-refractivity contribution in [3.05, 3.63) is 22.8 Å². The van der Waals surface area contributed by atoms with Crippen molar-refractivity contribution >= 4 is 26.5 Å². The minimum Gasteiger partial charge on any atom is -0.316 e. The summed E-state index contributed by atoms with van der Waals surface area (Å²) < 4.78 is 26.7. The van der Waals surface area contributed by atoms with Crippen molar-refractivity contribution in [3.63, 3.8) is 0 Å². The van der Waals surface area contributed by atoms with Crippen LogP contribution in [0, 0.1) is 6.92 Å². The van der Waals surface area contributed by atoms with E-state index in [0.29, 0.717) is 17.2 Å². The van der Waals surface area contributed by atoms with Gasteiger partial charge in [0.05, 0.1) is 11.9 Å². The van der Waals surface area contributed by atoms with Gasteiger partial charge in [0.15, 0.2) is 10.2 Å². The monoisotopic (exact) mass is 287 g/mol. The maximum Gasteiger partial charge on any atom is 0.280 e. The molecule has 2 heterocycles. The van der Waals surface area contributed by atoms with E-state index in [2.05, 4.69) is 25.2 Å². The van der Waals surface area contributed by atoms with Crippen LogP contribution in [0.4, 0.5) is 5.13 Å². The molecule has 0 atom stereocenters. The van der Waals surface area contributed by atoms with Crippen LogP contribution in [0.5, 0.6) is 0 Å². The van der Waals surface area contributed by atoms with E-state index >= 15 is 0 Å². The molecule has 9 heteroatoms. The summed E-state index contributed by atoms with van der Waals surface area (Å²) in [5, 5.41) is 11.3. The fourth-order valence-corrected chi connectivity index (χ4v) is 3.49. The third-order valence-corrected chi connectivity index (χ3v) is 4.51. The number of nitrogens with zero attached hydrogens (tertiary/aromatic N) is 2. The van der Waals surface area contributed by atoms with E-state index in [1.54, 1.807) is 19.4 Å². The molecular formula is C9H13N5O2S2. The molecule has 0 unspecified atom stereocenters. The third kappa shape index (κ3) is 2.68. The maximum atomic E-state index is 12.1. The summed E-state index contributed by atoms with van der Waals surface area (Å²) >= 11 is 1.24. The number of H-pyrrole nitrogens is 1. The van der Waals surface area contributed by atoms with E-state index in [0.717, 1.165) is 5.69 Å². The van der Waals surface area contributed by atoms with E-state index in [1.807, 2.05) is 0 Å². The van der Waals surface area contributed by atoms with Gasteiger partial charge in [0.2, 0.25) is 0 Å². The van der Waals surface area contributed by atoms with Crippen molar-refractivity contribution in [2.45, 2.75) is 18.5 Å². The van der Waals surface area contributed by atoms with Crippen molar-refractivity contribution in [2.75, 3.05) is 11.8 Å². The number of hydrogen-bond donors (Lipinski definition) is 3. The Morgan fingerprint density at radius 2 is 2.28 bits per heavy atom. The molecule has 0 saturated carbocycles. The molecule has 98 valence electrons. The van der Waals surface area contributed by atoms with Crippen LogP contribution < -0.4 is 10.0 Å². The summed E-state index contributed by atoms with van der Waals surface area (Å²) in [6.45, 7) is 2.22. The van der Waals surface area contributed by atoms with E-state index in [4.69, 9.17) is 0 Å². The van der Waals surface area contributed by atoms with Gasteiger partial charge in [-0.3, -0.25) is 9.82 Å². The number of aromatic nitrogens is 3. The Balaban J connectivity index is 2.27. The van der Waals surface area contributed by atoms with E-state index in [1.165, 1.54) is 17.5 Å². The fraction of sp³-hybridized carbons (Fsp3) is 0.333. The first kappa shape index (κ1) is 13.0. The summed E-state index contributed by atoms with van der Waals surface area (Å²) in [4.78, 5) is 4.06. The first-order chi connectivity index (χ1) is 8.53. The molecule has 0 aliphatic heterocycles. The van der Waals surface area contributed by atoms with E-state index in [-0.39, 0.29) is 5.03 Å². The van der Waals surface area contributed by atoms with Gasteiger partial charge in [-0.1, -0.05) is 0 Å². The predicted molar refractivity (Wildman–Crippen MR) is 69.0 cm³/mol. The highest BCUT2D eigenvalue weighted by atomic mass is 32.2. The van der Waals surface area contributed by atoms with Gasteiger partial charge in [-0.15, -0.1) is 11.3 Å². The van der Waals surface area contributed by atoms with Crippen molar-refractivity contribution in [2.24, 2.45) is 0 Å². The molecule has 0 radical (unpaired) electrons. The van der Waals surface area contributed by atoms with Gasteiger partial charge in [-0.2, -0.15) is 13.5 Å². The largest absolute Gasteiger partial charge is 0.316 e. The van der Waals surface area contributed by atoms with Crippen LogP contribution in [0.15, 0.2) is 16.6 Å². The fourth-order valence-electron chi connectivity index (χ4n) is 1.42. The number of hydrogen-bond acceptors (Lipinski definition) is 6. The molecule has 0 amide bonds. The van der Waals surface area contributed by atoms with Gasteiger partial charge in [0, 0.05) is 17.5 Å². The van der Waals surface area contributed by atoms with Crippen LogP contribution in [0.2, 0.25) is 0 Å². The Bertz CT molecular complexity index is 631. The minimum atomic E-state index is -3.67. The highest BCUT2D eigenvalue weighted by Crippen LogP contribution is 2.20. The molecule has 0 spiro atoms. The average Bonchev–Trinajstić information content (AvgIpc) is 2.88. The maximum absolute atomic E-state index is 12.1. The van der Waals surface area contributed by atoms with Gasteiger partial charge < -0.3 is 5.32 Å². The number of rotatable bonds is 5. The molecule has 0 aromatic carbocycles. The molecule has 0 fully saturated rings. The summed E-state index contributed by atoms with van der Waals surface area (Å²) in [6, 6.07) is 0. The summed E-state index contributed by atoms with van der Waals surface area (Å²) in [6.07, 6.45) is 1.48. The van der Waals surface area contributed by atoms with Gasteiger partial charge >= 0.3 is 0 Å². The predicted octanol–water partition coefficient (Wildman–Crippen LogP) is 0.695. The number of aryl methyl sites for hydroxylation is 1. The molecular weight excluding hydrogens is 274 g/mol. The van der Waals surface area contributed by atoms with E-state index in [9.17, 15) is 8.42 Å². The smallest absolute Gasteiger partial charge is 0.280 e. The Labute approximate surface area is 109 Å². The minimum absolute atomic E-state index is 0.0599. The molecule has 7 nitrogen and oxygen atoms in total. The first-order valence-electron chi connectivity index (χ1n) is 5.14. The molecule has 2 rings (SSSR count). The molecule has 18 heavy (non-hydrogen) atoms. The Morgan fingerprint density at radius 1 is 1.50 bits per heavy atom. The molecule has 3 N–H and O–H groups in total. The lowest BCUT2D eigenvalue weighted by Crippen LogP contribution is -2.17. The summed E-state index contributed by atoms with van der Waals surface area (Å²) in [7, 11) is -1.93. The number of thiazole rings is 1. The zero-order chi connectivity index (χ0) is 13.2. The van der Waals surface area contributed by atoms with Crippen LogP contribution in [0.3, 0.4) is 0 Å². The quantitative estimate of drug-likeness (QED) is 0.751. The lowest BCUT2D eigenvalue weighted by Gasteiger charge is -2.05. The van der Waals surface area contributed by atoms with Gasteiger partial charge in [0.1, 0.15) is 0 Å². The van der Waals surface area contributed by atoms with Crippen molar-refractivity contribution in [1.29, 1.82) is 0 Å². The van der Waals surface area contributed by atoms with Gasteiger partial charge in [-0.05, 0) is 14.0 Å². The lowest BCUT2D eigenvalue weighted by molar-refractivity contribution is 0.595. The van der Waals surface area contributed by atoms with Gasteiger partial charge in [0.25, 0.3) is 10.0 Å². The highest BCUT2D eigenvalue weighted by Gasteiger charge is 2.21. The zero-order valence-corrected chi connectivity index (χ0v) is 11.5. The molecule has 2 aromatic rings. The number of nitrogens with one attached hydrogen (secondary N) is 3. The Morgan fingerprint density at radius 3 is 2.89 bits per heavy atom. The normalized spacial score (nSPS) is 11.7. The molecule has 0 saturated heterocycles. The molecule has 0 bridgehead atoms. The van der Waals surface area contributed by atoms with Crippen LogP contribution in [-0.2, 0) is 16.6 Å². The topological polar surface area (TPSA) is 99.8 Å². The van der Waals surface area contributed by atoms with Crippen LogP contribution >= 0.6 is 11.3 Å². The van der Waals surface area contributed by atoms with Crippen LogP contribution in [0.1, 0.15) is 11.3 Å². The lowest BCUT2D eigenvalue weighted by atomic mass is 10.4. The number of anilines is 1. The second-order valence-corrected chi connectivity index (χ2v) is 6.13. The first-order valence-corrected chi connectivity index (χ1v) is 7.51. The van der Waals surface area contributed by atoms with Crippen LogP contribution in [0.25, 0.3) is 0 Å². The zero-order valence-electron chi connectivity index (χ0n) is 9.89. The second kappa shape index (κ2) is 5.04. The third-order valence-electron chi connectivity index (χ3n) is 2.15. The van der Waals surface area contributed by atoms with Gasteiger partial charge in [-0.25, -0.2) is 4.98 Å². The summed E-state index contributed by atoms with van der Waals surface area (Å²) in [5.41, 5.74) is 1.36. The Kier molecular flexibility index (Phi) is 3.64.